The first-order chi connectivity index (χ1) is 10.3. The van der Waals surface area contributed by atoms with Crippen molar-refractivity contribution < 1.29 is 23.0 Å². The fourth-order valence-corrected chi connectivity index (χ4v) is 1.98. The summed E-state index contributed by atoms with van der Waals surface area (Å²) in [5, 5.41) is 18.2. The number of hydrogen-bond acceptors (Lipinski definition) is 3. The molecule has 1 unspecified atom stereocenters. The van der Waals surface area contributed by atoms with E-state index in [4.69, 9.17) is 10.00 Å². The van der Waals surface area contributed by atoms with Crippen LogP contribution in [0, 0.1) is 11.3 Å². The molecule has 2 rings (SSSR count). The van der Waals surface area contributed by atoms with Crippen molar-refractivity contribution in [2.75, 3.05) is 0 Å². The van der Waals surface area contributed by atoms with E-state index in [-0.39, 0.29) is 11.5 Å². The molecule has 0 radical (unpaired) electrons. The van der Waals surface area contributed by atoms with Crippen LogP contribution in [0.25, 0.3) is 0 Å². The SMILES string of the molecule is CC(Oc1ccc(C#N)c(C(F)(F)F)c1)c1cccc(O)c1. The Hall–Kier alpha value is -2.68. The molecule has 6 heteroatoms. The van der Waals surface area contributed by atoms with Gasteiger partial charge in [0.25, 0.3) is 0 Å². The molecule has 0 saturated heterocycles. The maximum atomic E-state index is 12.9. The summed E-state index contributed by atoms with van der Waals surface area (Å²) in [4.78, 5) is 0. The van der Waals surface area contributed by atoms with Crippen LogP contribution in [0.2, 0.25) is 0 Å². The maximum absolute atomic E-state index is 12.9. The predicted molar refractivity (Wildman–Crippen MR) is 73.3 cm³/mol. The minimum Gasteiger partial charge on any atom is -0.508 e. The highest BCUT2D eigenvalue weighted by Gasteiger charge is 2.34. The molecule has 0 saturated carbocycles. The molecule has 0 heterocycles. The summed E-state index contributed by atoms with van der Waals surface area (Å²) in [6, 6.07) is 11.0. The monoisotopic (exact) mass is 307 g/mol. The van der Waals surface area contributed by atoms with E-state index in [2.05, 4.69) is 0 Å². The first-order valence-corrected chi connectivity index (χ1v) is 6.38. The quantitative estimate of drug-likeness (QED) is 0.913. The van der Waals surface area contributed by atoms with Crippen molar-refractivity contribution in [3.63, 3.8) is 0 Å². The number of nitriles is 1. The zero-order valence-corrected chi connectivity index (χ0v) is 11.6. The Bertz CT molecular complexity index is 720. The van der Waals surface area contributed by atoms with Crippen LogP contribution in [-0.4, -0.2) is 5.11 Å². The van der Waals surface area contributed by atoms with Gasteiger partial charge in [0.15, 0.2) is 0 Å². The topological polar surface area (TPSA) is 53.2 Å². The number of ether oxygens (including phenoxy) is 1. The lowest BCUT2D eigenvalue weighted by atomic mass is 10.1. The maximum Gasteiger partial charge on any atom is 0.417 e. The van der Waals surface area contributed by atoms with E-state index < -0.39 is 23.4 Å². The van der Waals surface area contributed by atoms with Gasteiger partial charge in [0.05, 0.1) is 17.2 Å². The summed E-state index contributed by atoms with van der Waals surface area (Å²) in [7, 11) is 0. The summed E-state index contributed by atoms with van der Waals surface area (Å²) >= 11 is 0. The van der Waals surface area contributed by atoms with Crippen LogP contribution in [0.3, 0.4) is 0 Å². The van der Waals surface area contributed by atoms with Gasteiger partial charge in [-0.05, 0) is 42.8 Å². The first-order valence-electron chi connectivity index (χ1n) is 6.38. The number of aromatic hydroxyl groups is 1. The van der Waals surface area contributed by atoms with Gasteiger partial charge in [-0.25, -0.2) is 0 Å². The van der Waals surface area contributed by atoms with E-state index in [1.807, 2.05) is 0 Å². The Balaban J connectivity index is 2.29. The first kappa shape index (κ1) is 15.7. The molecule has 0 aliphatic rings. The van der Waals surface area contributed by atoms with Crippen LogP contribution in [0.4, 0.5) is 13.2 Å². The van der Waals surface area contributed by atoms with Crippen molar-refractivity contribution >= 4 is 0 Å². The molecule has 0 fully saturated rings. The molecule has 0 aliphatic heterocycles. The van der Waals surface area contributed by atoms with Gasteiger partial charge in [0.1, 0.15) is 17.6 Å². The van der Waals surface area contributed by atoms with Gasteiger partial charge in [0, 0.05) is 0 Å². The average Bonchev–Trinajstić information content (AvgIpc) is 2.46. The Morgan fingerprint density at radius 2 is 1.91 bits per heavy atom. The zero-order chi connectivity index (χ0) is 16.3. The summed E-state index contributed by atoms with van der Waals surface area (Å²) in [6.45, 7) is 1.65. The van der Waals surface area contributed by atoms with Crippen LogP contribution in [-0.2, 0) is 6.18 Å². The van der Waals surface area contributed by atoms with Crippen molar-refractivity contribution in [2.45, 2.75) is 19.2 Å². The molecule has 0 spiro atoms. The molecular weight excluding hydrogens is 295 g/mol. The second-order valence-electron chi connectivity index (χ2n) is 4.67. The van der Waals surface area contributed by atoms with Crippen molar-refractivity contribution in [2.24, 2.45) is 0 Å². The molecular formula is C16H12F3NO2. The van der Waals surface area contributed by atoms with Crippen molar-refractivity contribution in [3.8, 4) is 17.6 Å². The van der Waals surface area contributed by atoms with Crippen LogP contribution in [0.15, 0.2) is 42.5 Å². The number of rotatable bonds is 3. The highest BCUT2D eigenvalue weighted by Crippen LogP contribution is 2.35. The molecule has 0 aromatic heterocycles. The number of benzene rings is 2. The number of hydrogen-bond donors (Lipinski definition) is 1. The number of phenolic OH excluding ortho intramolecular Hbond substituents is 1. The number of nitrogens with zero attached hydrogens (tertiary/aromatic N) is 1. The molecule has 1 N–H and O–H groups in total. The van der Waals surface area contributed by atoms with E-state index in [9.17, 15) is 18.3 Å². The fourth-order valence-electron chi connectivity index (χ4n) is 1.98. The van der Waals surface area contributed by atoms with Crippen LogP contribution < -0.4 is 4.74 Å². The molecule has 3 nitrogen and oxygen atoms in total. The van der Waals surface area contributed by atoms with Gasteiger partial charge >= 0.3 is 6.18 Å². The third-order valence-electron chi connectivity index (χ3n) is 3.07. The van der Waals surface area contributed by atoms with Gasteiger partial charge in [-0.3, -0.25) is 0 Å². The van der Waals surface area contributed by atoms with Crippen LogP contribution >= 0.6 is 0 Å². The normalized spacial score (nSPS) is 12.5. The van der Waals surface area contributed by atoms with Gasteiger partial charge in [-0.1, -0.05) is 12.1 Å². The van der Waals surface area contributed by atoms with E-state index >= 15 is 0 Å². The van der Waals surface area contributed by atoms with E-state index in [0.717, 1.165) is 12.1 Å². The number of alkyl halides is 3. The summed E-state index contributed by atoms with van der Waals surface area (Å²) in [5.74, 6) is 0.0472. The summed E-state index contributed by atoms with van der Waals surface area (Å²) < 4.78 is 44.1. The fraction of sp³-hybridized carbons (Fsp3) is 0.188. The Kier molecular flexibility index (Phi) is 4.27. The van der Waals surface area contributed by atoms with Crippen LogP contribution in [0.1, 0.15) is 29.7 Å². The molecule has 22 heavy (non-hydrogen) atoms. The van der Waals surface area contributed by atoms with Gasteiger partial charge < -0.3 is 9.84 Å². The van der Waals surface area contributed by atoms with Gasteiger partial charge in [0.2, 0.25) is 0 Å². The molecule has 0 amide bonds. The lowest BCUT2D eigenvalue weighted by Crippen LogP contribution is -2.09. The van der Waals surface area contributed by atoms with Gasteiger partial charge in [-0.15, -0.1) is 0 Å². The lowest BCUT2D eigenvalue weighted by Gasteiger charge is -2.17. The standard InChI is InChI=1S/C16H12F3NO2/c1-10(11-3-2-4-13(21)7-11)22-14-6-5-12(9-20)15(8-14)16(17,18)19/h2-8,10,21H,1H3. The number of phenols is 1. The molecule has 2 aromatic carbocycles. The molecule has 114 valence electrons. The van der Waals surface area contributed by atoms with E-state index in [1.165, 1.54) is 24.3 Å². The van der Waals surface area contributed by atoms with Crippen molar-refractivity contribution in [1.29, 1.82) is 5.26 Å². The zero-order valence-electron chi connectivity index (χ0n) is 11.6. The largest absolute Gasteiger partial charge is 0.508 e. The van der Waals surface area contributed by atoms with Gasteiger partial charge in [-0.2, -0.15) is 18.4 Å². The molecule has 2 aromatic rings. The molecule has 1 atom stereocenters. The van der Waals surface area contributed by atoms with Crippen LogP contribution in [0.5, 0.6) is 11.5 Å². The smallest absolute Gasteiger partial charge is 0.417 e. The third kappa shape index (κ3) is 3.50. The minimum atomic E-state index is -4.63. The van der Waals surface area contributed by atoms with E-state index in [1.54, 1.807) is 19.1 Å². The van der Waals surface area contributed by atoms with Crippen molar-refractivity contribution in [3.05, 3.63) is 59.2 Å². The minimum absolute atomic E-state index is 0.00201. The summed E-state index contributed by atoms with van der Waals surface area (Å²) in [5.41, 5.74) is -0.863. The Morgan fingerprint density at radius 1 is 1.18 bits per heavy atom. The van der Waals surface area contributed by atoms with Crippen molar-refractivity contribution in [1.82, 2.24) is 0 Å². The number of halogens is 3. The van der Waals surface area contributed by atoms with E-state index in [0.29, 0.717) is 5.56 Å². The third-order valence-corrected chi connectivity index (χ3v) is 3.07. The average molecular weight is 307 g/mol. The summed E-state index contributed by atoms with van der Waals surface area (Å²) in [6.07, 6.45) is -5.18. The predicted octanol–water partition coefficient (Wildman–Crippen LogP) is 4.42. The molecule has 0 aliphatic carbocycles. The highest BCUT2D eigenvalue weighted by atomic mass is 19.4. The Morgan fingerprint density at radius 3 is 2.50 bits per heavy atom. The lowest BCUT2D eigenvalue weighted by molar-refractivity contribution is -0.137. The molecule has 0 bridgehead atoms. The highest BCUT2D eigenvalue weighted by molar-refractivity contribution is 5.44. The Labute approximate surface area is 125 Å². The second-order valence-corrected chi connectivity index (χ2v) is 4.67. The second kappa shape index (κ2) is 5.98.